The number of carbonyl (C=O) groups is 1. The number of amides is 1. The van der Waals surface area contributed by atoms with Crippen molar-refractivity contribution in [1.82, 2.24) is 9.88 Å². The maximum absolute atomic E-state index is 12.5. The summed E-state index contributed by atoms with van der Waals surface area (Å²) in [4.78, 5) is 17.4. The average Bonchev–Trinajstić information content (AvgIpc) is 3.02. The van der Waals surface area contributed by atoms with Gasteiger partial charge >= 0.3 is 6.18 Å². The summed E-state index contributed by atoms with van der Waals surface area (Å²) in [5, 5.41) is 9.66. The molecule has 4 nitrogen and oxygen atoms in total. The largest absolute Gasteiger partial charge is 0.433 e. The van der Waals surface area contributed by atoms with Crippen molar-refractivity contribution >= 4 is 5.91 Å². The SMILES string of the molecule is CN(C(=O)c1ccc(C(F)(F)F)nc1)C1C[C@H]2CC(O)C[C@H]2C1. The van der Waals surface area contributed by atoms with Gasteiger partial charge in [0.2, 0.25) is 0 Å². The number of alkyl halides is 3. The van der Waals surface area contributed by atoms with Gasteiger partial charge in [-0.3, -0.25) is 9.78 Å². The maximum Gasteiger partial charge on any atom is 0.433 e. The van der Waals surface area contributed by atoms with E-state index in [-0.39, 0.29) is 23.6 Å². The molecule has 2 fully saturated rings. The zero-order valence-corrected chi connectivity index (χ0v) is 12.8. The zero-order valence-electron chi connectivity index (χ0n) is 12.8. The minimum Gasteiger partial charge on any atom is -0.393 e. The van der Waals surface area contributed by atoms with Gasteiger partial charge in [0.05, 0.1) is 11.7 Å². The molecule has 1 aromatic rings. The molecule has 2 saturated carbocycles. The van der Waals surface area contributed by atoms with Crippen LogP contribution in [0.2, 0.25) is 0 Å². The highest BCUT2D eigenvalue weighted by Crippen LogP contribution is 2.45. The lowest BCUT2D eigenvalue weighted by Crippen LogP contribution is -2.36. The first-order chi connectivity index (χ1) is 10.8. The van der Waals surface area contributed by atoms with E-state index in [1.807, 2.05) is 0 Å². The lowest BCUT2D eigenvalue weighted by Gasteiger charge is -2.25. The topological polar surface area (TPSA) is 53.4 Å². The van der Waals surface area contributed by atoms with Crippen LogP contribution in [0.1, 0.15) is 41.7 Å². The smallest absolute Gasteiger partial charge is 0.393 e. The van der Waals surface area contributed by atoms with E-state index >= 15 is 0 Å². The van der Waals surface area contributed by atoms with Crippen LogP contribution >= 0.6 is 0 Å². The predicted octanol–water partition coefficient (Wildman–Crippen LogP) is 2.72. The molecule has 2 aliphatic carbocycles. The molecular weight excluding hydrogens is 309 g/mol. The number of halogens is 3. The van der Waals surface area contributed by atoms with Crippen LogP contribution in [0.15, 0.2) is 18.3 Å². The molecule has 0 aliphatic heterocycles. The molecule has 1 N–H and O–H groups in total. The van der Waals surface area contributed by atoms with Gasteiger partial charge in [0.25, 0.3) is 5.91 Å². The number of pyridine rings is 1. The average molecular weight is 328 g/mol. The first kappa shape index (κ1) is 16.2. The third kappa shape index (κ3) is 3.20. The van der Waals surface area contributed by atoms with Gasteiger partial charge in [-0.05, 0) is 49.7 Å². The molecule has 23 heavy (non-hydrogen) atoms. The molecule has 3 rings (SSSR count). The van der Waals surface area contributed by atoms with E-state index < -0.39 is 11.9 Å². The molecule has 2 aliphatic rings. The summed E-state index contributed by atoms with van der Waals surface area (Å²) in [7, 11) is 1.68. The van der Waals surface area contributed by atoms with Gasteiger partial charge in [0.1, 0.15) is 5.69 Å². The van der Waals surface area contributed by atoms with E-state index in [0.29, 0.717) is 11.8 Å². The molecule has 0 aromatic carbocycles. The van der Waals surface area contributed by atoms with Gasteiger partial charge in [0, 0.05) is 19.3 Å². The molecule has 4 atom stereocenters. The van der Waals surface area contributed by atoms with Gasteiger partial charge in [0.15, 0.2) is 0 Å². The monoisotopic (exact) mass is 328 g/mol. The van der Waals surface area contributed by atoms with E-state index in [2.05, 4.69) is 4.98 Å². The number of aromatic nitrogens is 1. The van der Waals surface area contributed by atoms with Crippen molar-refractivity contribution in [3.63, 3.8) is 0 Å². The Morgan fingerprint density at radius 2 is 1.83 bits per heavy atom. The predicted molar refractivity (Wildman–Crippen MR) is 76.6 cm³/mol. The molecule has 0 saturated heterocycles. The van der Waals surface area contributed by atoms with Crippen LogP contribution in [0.3, 0.4) is 0 Å². The second-order valence-electron chi connectivity index (χ2n) is 6.62. The summed E-state index contributed by atoms with van der Waals surface area (Å²) in [6.45, 7) is 0. The van der Waals surface area contributed by atoms with Crippen molar-refractivity contribution in [3.05, 3.63) is 29.6 Å². The summed E-state index contributed by atoms with van der Waals surface area (Å²) >= 11 is 0. The molecule has 126 valence electrons. The molecule has 2 unspecified atom stereocenters. The number of fused-ring (bicyclic) bond motifs is 1. The Morgan fingerprint density at radius 1 is 1.22 bits per heavy atom. The Bertz CT molecular complexity index is 574. The van der Waals surface area contributed by atoms with Gasteiger partial charge in [-0.15, -0.1) is 0 Å². The lowest BCUT2D eigenvalue weighted by atomic mass is 10.0. The number of hydrogen-bond donors (Lipinski definition) is 1. The van der Waals surface area contributed by atoms with E-state index in [9.17, 15) is 23.1 Å². The Morgan fingerprint density at radius 3 is 2.30 bits per heavy atom. The van der Waals surface area contributed by atoms with Crippen LogP contribution < -0.4 is 0 Å². The van der Waals surface area contributed by atoms with Crippen LogP contribution in [-0.2, 0) is 6.18 Å². The highest BCUT2D eigenvalue weighted by atomic mass is 19.4. The van der Waals surface area contributed by atoms with Gasteiger partial charge in [-0.1, -0.05) is 0 Å². The summed E-state index contributed by atoms with van der Waals surface area (Å²) in [5.74, 6) is 0.573. The molecule has 0 bridgehead atoms. The third-order valence-electron chi connectivity index (χ3n) is 5.13. The molecule has 1 aromatic heterocycles. The van der Waals surface area contributed by atoms with Crippen molar-refractivity contribution in [2.24, 2.45) is 11.8 Å². The van der Waals surface area contributed by atoms with Crippen LogP contribution in [0.5, 0.6) is 0 Å². The standard InChI is InChI=1S/C16H19F3N2O2/c1-21(12-4-10-6-13(22)7-11(10)5-12)15(23)9-2-3-14(20-8-9)16(17,18)19/h2-3,8,10-13,22H,4-7H2,1H3/t10-,11+,12?,13?. The van der Waals surface area contributed by atoms with E-state index in [4.69, 9.17) is 0 Å². The summed E-state index contributed by atoms with van der Waals surface area (Å²) in [6.07, 6.45) is -0.490. The molecule has 0 radical (unpaired) electrons. The molecule has 0 spiro atoms. The highest BCUT2D eigenvalue weighted by Gasteiger charge is 2.43. The Labute approximate surface area is 132 Å². The number of aliphatic hydroxyl groups excluding tert-OH is 1. The van der Waals surface area contributed by atoms with Gasteiger partial charge in [-0.2, -0.15) is 13.2 Å². The van der Waals surface area contributed by atoms with Crippen LogP contribution in [-0.4, -0.2) is 40.1 Å². The quantitative estimate of drug-likeness (QED) is 0.908. The van der Waals surface area contributed by atoms with Crippen molar-refractivity contribution in [3.8, 4) is 0 Å². The fourth-order valence-corrected chi connectivity index (χ4v) is 3.93. The fraction of sp³-hybridized carbons (Fsp3) is 0.625. The number of aliphatic hydroxyl groups is 1. The minimum absolute atomic E-state index is 0.0762. The Balaban J connectivity index is 1.66. The number of nitrogens with zero attached hydrogens (tertiary/aromatic N) is 2. The van der Waals surface area contributed by atoms with Crippen LogP contribution in [0.25, 0.3) is 0 Å². The number of rotatable bonds is 2. The van der Waals surface area contributed by atoms with E-state index in [0.717, 1.165) is 37.9 Å². The van der Waals surface area contributed by atoms with Crippen molar-refractivity contribution in [1.29, 1.82) is 0 Å². The van der Waals surface area contributed by atoms with Crippen molar-refractivity contribution in [2.75, 3.05) is 7.05 Å². The van der Waals surface area contributed by atoms with Gasteiger partial charge in [-0.25, -0.2) is 0 Å². The van der Waals surface area contributed by atoms with E-state index in [1.165, 1.54) is 6.07 Å². The summed E-state index contributed by atoms with van der Waals surface area (Å²) in [6, 6.07) is 2.09. The molecule has 1 amide bonds. The first-order valence-corrected chi connectivity index (χ1v) is 7.74. The first-order valence-electron chi connectivity index (χ1n) is 7.74. The van der Waals surface area contributed by atoms with Crippen LogP contribution in [0, 0.1) is 11.8 Å². The highest BCUT2D eigenvalue weighted by molar-refractivity contribution is 5.94. The third-order valence-corrected chi connectivity index (χ3v) is 5.13. The Hall–Kier alpha value is -1.63. The number of carbonyl (C=O) groups excluding carboxylic acids is 1. The summed E-state index contributed by atoms with van der Waals surface area (Å²) in [5.41, 5.74) is -0.835. The van der Waals surface area contributed by atoms with Crippen molar-refractivity contribution in [2.45, 2.75) is 44.0 Å². The zero-order chi connectivity index (χ0) is 16.8. The minimum atomic E-state index is -4.50. The van der Waals surface area contributed by atoms with E-state index in [1.54, 1.807) is 11.9 Å². The second kappa shape index (κ2) is 5.78. The van der Waals surface area contributed by atoms with Crippen LogP contribution in [0.4, 0.5) is 13.2 Å². The normalized spacial score (nSPS) is 30.3. The molecular formula is C16H19F3N2O2. The number of hydrogen-bond acceptors (Lipinski definition) is 3. The van der Waals surface area contributed by atoms with Crippen molar-refractivity contribution < 1.29 is 23.1 Å². The molecule has 1 heterocycles. The maximum atomic E-state index is 12.5. The second-order valence-corrected chi connectivity index (χ2v) is 6.62. The van der Waals surface area contributed by atoms with Gasteiger partial charge < -0.3 is 10.0 Å². The molecule has 7 heteroatoms. The Kier molecular flexibility index (Phi) is 4.08. The fourth-order valence-electron chi connectivity index (χ4n) is 3.93. The summed E-state index contributed by atoms with van der Waals surface area (Å²) < 4.78 is 37.5. The lowest BCUT2D eigenvalue weighted by molar-refractivity contribution is -0.141.